The first-order valence-corrected chi connectivity index (χ1v) is 8.31. The predicted molar refractivity (Wildman–Crippen MR) is 84.6 cm³/mol. The maximum absolute atomic E-state index is 13.4. The molecule has 1 heterocycles. The summed E-state index contributed by atoms with van der Waals surface area (Å²) in [6.45, 7) is 0. The molecule has 7 heteroatoms. The number of imide groups is 1. The third-order valence-electron chi connectivity index (χ3n) is 4.35. The molecule has 0 saturated carbocycles. The Bertz CT molecular complexity index is 680. The molecule has 1 aliphatic carbocycles. The molecule has 1 aliphatic heterocycles. The molecule has 1 aromatic rings. The van der Waals surface area contributed by atoms with Crippen LogP contribution in [-0.2, 0) is 16.0 Å². The largest absolute Gasteiger partial charge is 1.00 e. The number of hydrogen-bond acceptors (Lipinski definition) is 3. The van der Waals surface area contributed by atoms with Crippen molar-refractivity contribution in [1.82, 2.24) is 5.32 Å². The van der Waals surface area contributed by atoms with Crippen LogP contribution in [0.25, 0.3) is 0 Å². The molecule has 2 atom stereocenters. The van der Waals surface area contributed by atoms with Gasteiger partial charge in [-0.25, -0.2) is 4.39 Å². The maximum atomic E-state index is 13.4. The van der Waals surface area contributed by atoms with E-state index in [1.807, 2.05) is 22.6 Å². The van der Waals surface area contributed by atoms with Crippen LogP contribution in [0, 0.1) is 27.3 Å². The minimum absolute atomic E-state index is 0. The minimum atomic E-state index is -0.445. The molecule has 3 rings (SSSR count). The Morgan fingerprint density at radius 2 is 1.91 bits per heavy atom. The zero-order chi connectivity index (χ0) is 15.9. The summed E-state index contributed by atoms with van der Waals surface area (Å²) < 4.78 is 14.0. The van der Waals surface area contributed by atoms with Gasteiger partial charge in [0, 0.05) is 24.1 Å². The van der Waals surface area contributed by atoms with E-state index in [9.17, 15) is 18.8 Å². The minimum Gasteiger partial charge on any atom is -0.308 e. The van der Waals surface area contributed by atoms with Crippen LogP contribution in [0.5, 0.6) is 0 Å². The molecule has 23 heavy (non-hydrogen) atoms. The van der Waals surface area contributed by atoms with E-state index in [0.717, 1.165) is 0 Å². The quantitative estimate of drug-likeness (QED) is 0.301. The van der Waals surface area contributed by atoms with Crippen molar-refractivity contribution in [3.63, 3.8) is 0 Å². The normalized spacial score (nSPS) is 23.8. The zero-order valence-corrected chi connectivity index (χ0v) is 14.9. The van der Waals surface area contributed by atoms with E-state index in [-0.39, 0.29) is 48.3 Å². The van der Waals surface area contributed by atoms with E-state index in [1.54, 1.807) is 0 Å². The molecular weight excluding hydrogens is 407 g/mol. The summed E-state index contributed by atoms with van der Waals surface area (Å²) in [5, 5.41) is 2.33. The van der Waals surface area contributed by atoms with E-state index >= 15 is 0 Å². The summed E-state index contributed by atoms with van der Waals surface area (Å²) in [5.41, 5.74) is 1.18. The van der Waals surface area contributed by atoms with E-state index in [0.29, 0.717) is 46.8 Å². The molecule has 0 aromatic heterocycles. The number of carbonyl (C=O) groups is 3. The van der Waals surface area contributed by atoms with Crippen molar-refractivity contribution in [2.45, 2.75) is 32.1 Å². The van der Waals surface area contributed by atoms with Crippen LogP contribution in [0.1, 0.15) is 41.6 Å². The topological polar surface area (TPSA) is 63.2 Å². The Hall–Kier alpha value is -0.713. The second-order valence-corrected chi connectivity index (χ2v) is 6.96. The summed E-state index contributed by atoms with van der Waals surface area (Å²) in [4.78, 5) is 35.7. The van der Waals surface area contributed by atoms with Gasteiger partial charge in [0.15, 0.2) is 0 Å². The molecule has 0 spiro atoms. The van der Waals surface area contributed by atoms with Crippen LogP contribution >= 0.6 is 22.6 Å². The fourth-order valence-corrected chi connectivity index (χ4v) is 4.07. The Morgan fingerprint density at radius 3 is 2.61 bits per heavy atom. The Kier molecular flexibility index (Phi) is 6.03. The number of Topliss-reactive ketones (excluding diaryl/α,β-unsaturated/α-hetero) is 1. The monoisotopic (exact) mass is 421 g/mol. The van der Waals surface area contributed by atoms with Gasteiger partial charge in [0.1, 0.15) is 5.78 Å². The van der Waals surface area contributed by atoms with Gasteiger partial charge < -0.3 is 4.79 Å². The molecule has 1 fully saturated rings. The fraction of sp³-hybridized carbons (Fsp3) is 0.438. The van der Waals surface area contributed by atoms with E-state index in [4.69, 9.17) is 0 Å². The first-order chi connectivity index (χ1) is 10.5. The Labute approximate surface area is 159 Å². The molecule has 0 bridgehead atoms. The van der Waals surface area contributed by atoms with Gasteiger partial charge in [-0.1, -0.05) is 31.7 Å². The van der Waals surface area contributed by atoms with Crippen molar-refractivity contribution < 1.29 is 37.6 Å². The van der Waals surface area contributed by atoms with E-state index in [2.05, 4.69) is 11.4 Å². The number of halogens is 2. The fourth-order valence-electron chi connectivity index (χ4n) is 3.21. The first-order valence-electron chi connectivity index (χ1n) is 7.24. The third kappa shape index (κ3) is 3.86. The van der Waals surface area contributed by atoms with Crippen molar-refractivity contribution in [2.24, 2.45) is 11.8 Å². The molecule has 1 saturated heterocycles. The molecule has 116 valence electrons. The molecular formula is C16H14FILiNO3. The number of ketones is 1. The van der Waals surface area contributed by atoms with Gasteiger partial charge in [-0.05, 0) is 25.7 Å². The SMILES string of the molecule is O=C1CCC(CC2CCc3[c-]c(F)cc(I)c3C2=O)C(=O)N1.[Li+]. The van der Waals surface area contributed by atoms with Crippen LogP contribution in [0.4, 0.5) is 4.39 Å². The smallest absolute Gasteiger partial charge is 0.308 e. The van der Waals surface area contributed by atoms with Gasteiger partial charge in [0.2, 0.25) is 11.8 Å². The Morgan fingerprint density at radius 1 is 1.22 bits per heavy atom. The number of fused-ring (bicyclic) bond motifs is 1. The number of hydrogen-bond donors (Lipinski definition) is 1. The second-order valence-electron chi connectivity index (χ2n) is 5.80. The average Bonchev–Trinajstić information content (AvgIpc) is 2.43. The molecule has 4 nitrogen and oxygen atoms in total. The number of nitrogens with one attached hydrogen (secondary N) is 1. The van der Waals surface area contributed by atoms with Gasteiger partial charge >= 0.3 is 18.9 Å². The second kappa shape index (κ2) is 7.45. The van der Waals surface area contributed by atoms with Gasteiger partial charge in [0.05, 0.1) is 0 Å². The molecule has 0 radical (unpaired) electrons. The summed E-state index contributed by atoms with van der Waals surface area (Å²) >= 11 is 1.97. The molecule has 2 unspecified atom stereocenters. The summed E-state index contributed by atoms with van der Waals surface area (Å²) in [6, 6.07) is 3.93. The number of carbonyl (C=O) groups excluding carboxylic acids is 3. The predicted octanol–water partition coefficient (Wildman–Crippen LogP) is -0.578. The van der Waals surface area contributed by atoms with Crippen LogP contribution in [-0.4, -0.2) is 17.6 Å². The van der Waals surface area contributed by atoms with Gasteiger partial charge in [-0.2, -0.15) is 0 Å². The van der Waals surface area contributed by atoms with Crippen LogP contribution < -0.4 is 24.2 Å². The molecule has 2 aliphatic rings. The van der Waals surface area contributed by atoms with Gasteiger partial charge in [-0.15, -0.1) is 17.7 Å². The van der Waals surface area contributed by atoms with Gasteiger partial charge in [0.25, 0.3) is 0 Å². The van der Waals surface area contributed by atoms with Crippen molar-refractivity contribution in [3.8, 4) is 0 Å². The molecule has 2 amide bonds. The summed E-state index contributed by atoms with van der Waals surface area (Å²) in [7, 11) is 0. The van der Waals surface area contributed by atoms with Crippen LogP contribution in [0.3, 0.4) is 0 Å². The molecule has 1 aromatic carbocycles. The zero-order valence-electron chi connectivity index (χ0n) is 12.7. The van der Waals surface area contributed by atoms with Crippen LogP contribution in [0.2, 0.25) is 0 Å². The number of rotatable bonds is 2. The van der Waals surface area contributed by atoms with Crippen molar-refractivity contribution >= 4 is 40.2 Å². The van der Waals surface area contributed by atoms with E-state index in [1.165, 1.54) is 6.07 Å². The third-order valence-corrected chi connectivity index (χ3v) is 5.20. The summed E-state index contributed by atoms with van der Waals surface area (Å²) in [5.74, 6) is -1.55. The van der Waals surface area contributed by atoms with E-state index < -0.39 is 5.82 Å². The average molecular weight is 421 g/mol. The summed E-state index contributed by atoms with van der Waals surface area (Å²) in [6.07, 6.45) is 2.45. The van der Waals surface area contributed by atoms with Crippen molar-refractivity contribution in [2.75, 3.05) is 0 Å². The number of benzene rings is 1. The van der Waals surface area contributed by atoms with Crippen LogP contribution in [0.15, 0.2) is 6.07 Å². The van der Waals surface area contributed by atoms with Gasteiger partial charge in [-0.3, -0.25) is 14.9 Å². The first kappa shape index (κ1) is 18.6. The van der Waals surface area contributed by atoms with Crippen molar-refractivity contribution in [3.05, 3.63) is 32.6 Å². The van der Waals surface area contributed by atoms with Crippen molar-refractivity contribution in [1.29, 1.82) is 0 Å². The number of amides is 2. The maximum Gasteiger partial charge on any atom is 1.00 e. The Balaban J connectivity index is 0.00000192. The molecule has 1 N–H and O–H groups in total. The number of piperidine rings is 1. The standard InChI is InChI=1S/C16H14FINO3.Li/c17-11-6-8-1-2-9(15(21)14(8)12(18)7-11)5-10-3-4-13(20)19-16(10)22;/h7,9-10H,1-5H2,(H,19,20,22);/q-1;+1. The number of aryl methyl sites for hydroxylation is 1.